The Balaban J connectivity index is 2.43. The van der Waals surface area contributed by atoms with E-state index >= 15 is 0 Å². The number of carboxylic acids is 1. The van der Waals surface area contributed by atoms with Crippen LogP contribution in [0, 0.1) is 11.3 Å². The van der Waals surface area contributed by atoms with E-state index in [0.29, 0.717) is 5.92 Å². The van der Waals surface area contributed by atoms with Gasteiger partial charge in [0.1, 0.15) is 0 Å². The molecular formula is C8H14O3. The van der Waals surface area contributed by atoms with Crippen LogP contribution in [0.5, 0.6) is 0 Å². The average molecular weight is 158 g/mol. The molecule has 0 aromatic carbocycles. The highest BCUT2D eigenvalue weighted by molar-refractivity contribution is 5.67. The van der Waals surface area contributed by atoms with Gasteiger partial charge in [0.15, 0.2) is 0 Å². The summed E-state index contributed by atoms with van der Waals surface area (Å²) in [5.41, 5.74) is -0.107. The minimum absolute atomic E-state index is 0.107. The van der Waals surface area contributed by atoms with Crippen LogP contribution in [0.3, 0.4) is 0 Å². The summed E-state index contributed by atoms with van der Waals surface area (Å²) in [6, 6.07) is 0. The van der Waals surface area contributed by atoms with Crippen LogP contribution in [-0.4, -0.2) is 24.3 Å². The van der Waals surface area contributed by atoms with E-state index in [-0.39, 0.29) is 11.8 Å². The molecule has 0 amide bonds. The van der Waals surface area contributed by atoms with E-state index in [1.165, 1.54) is 0 Å². The van der Waals surface area contributed by atoms with Crippen molar-refractivity contribution in [3.8, 4) is 0 Å². The predicted molar refractivity (Wildman–Crippen MR) is 40.3 cm³/mol. The molecule has 0 bridgehead atoms. The van der Waals surface area contributed by atoms with E-state index in [1.807, 2.05) is 13.8 Å². The molecule has 1 heterocycles. The van der Waals surface area contributed by atoms with Crippen molar-refractivity contribution in [3.05, 3.63) is 0 Å². The van der Waals surface area contributed by atoms with E-state index in [9.17, 15) is 4.79 Å². The Hall–Kier alpha value is -0.570. The standard InChI is InChI=1S/C8H14O3/c1-8(2,3-7(9)10)6-4-11-5-6/h6H,3-5H2,1-2H3,(H,9,10). The number of carbonyl (C=O) groups is 1. The Morgan fingerprint density at radius 3 is 2.45 bits per heavy atom. The van der Waals surface area contributed by atoms with Gasteiger partial charge in [-0.1, -0.05) is 13.8 Å². The third-order valence-corrected chi connectivity index (χ3v) is 2.35. The molecule has 0 saturated carbocycles. The van der Waals surface area contributed by atoms with Gasteiger partial charge in [-0.15, -0.1) is 0 Å². The summed E-state index contributed by atoms with van der Waals surface area (Å²) in [5, 5.41) is 8.58. The summed E-state index contributed by atoms with van der Waals surface area (Å²) in [7, 11) is 0. The Morgan fingerprint density at radius 1 is 1.64 bits per heavy atom. The monoisotopic (exact) mass is 158 g/mol. The van der Waals surface area contributed by atoms with Crippen LogP contribution in [0.4, 0.5) is 0 Å². The maximum atomic E-state index is 10.4. The van der Waals surface area contributed by atoms with Crippen molar-refractivity contribution < 1.29 is 14.6 Å². The molecule has 0 atom stereocenters. The van der Waals surface area contributed by atoms with Crippen molar-refractivity contribution in [2.75, 3.05) is 13.2 Å². The summed E-state index contributed by atoms with van der Waals surface area (Å²) in [5.74, 6) is -0.291. The second-order valence-electron chi connectivity index (χ2n) is 3.79. The molecule has 1 aliphatic rings. The minimum Gasteiger partial charge on any atom is -0.481 e. The van der Waals surface area contributed by atoms with E-state index in [1.54, 1.807) is 0 Å². The molecule has 64 valence electrons. The normalized spacial score (nSPS) is 19.5. The second kappa shape index (κ2) is 2.81. The van der Waals surface area contributed by atoms with Gasteiger partial charge >= 0.3 is 5.97 Å². The van der Waals surface area contributed by atoms with Gasteiger partial charge in [-0.05, 0) is 5.41 Å². The highest BCUT2D eigenvalue weighted by atomic mass is 16.5. The maximum absolute atomic E-state index is 10.4. The Labute approximate surface area is 66.4 Å². The quantitative estimate of drug-likeness (QED) is 0.669. The highest BCUT2D eigenvalue weighted by Crippen LogP contribution is 2.35. The smallest absolute Gasteiger partial charge is 0.303 e. The summed E-state index contributed by atoms with van der Waals surface area (Å²) in [4.78, 5) is 10.4. The minimum atomic E-state index is -0.720. The highest BCUT2D eigenvalue weighted by Gasteiger charge is 2.36. The van der Waals surface area contributed by atoms with Crippen LogP contribution in [0.25, 0.3) is 0 Å². The maximum Gasteiger partial charge on any atom is 0.303 e. The predicted octanol–water partition coefficient (Wildman–Crippen LogP) is 1.13. The first-order valence-corrected chi connectivity index (χ1v) is 3.82. The Bertz CT molecular complexity index is 159. The van der Waals surface area contributed by atoms with Gasteiger partial charge in [0.05, 0.1) is 19.6 Å². The van der Waals surface area contributed by atoms with Crippen LogP contribution in [-0.2, 0) is 9.53 Å². The first-order chi connectivity index (χ1) is 5.02. The molecule has 1 aliphatic heterocycles. The third-order valence-electron chi connectivity index (χ3n) is 2.35. The number of hydrogen-bond donors (Lipinski definition) is 1. The molecule has 3 heteroatoms. The lowest BCUT2D eigenvalue weighted by Gasteiger charge is -2.39. The van der Waals surface area contributed by atoms with E-state index in [2.05, 4.69) is 0 Å². The molecule has 1 saturated heterocycles. The molecule has 0 spiro atoms. The number of rotatable bonds is 3. The molecule has 0 radical (unpaired) electrons. The first kappa shape index (κ1) is 8.53. The summed E-state index contributed by atoms with van der Waals surface area (Å²) in [6.45, 7) is 5.41. The fourth-order valence-electron chi connectivity index (χ4n) is 1.22. The summed E-state index contributed by atoms with van der Waals surface area (Å²) in [6.07, 6.45) is 0.237. The van der Waals surface area contributed by atoms with Gasteiger partial charge in [0.25, 0.3) is 0 Å². The fraction of sp³-hybridized carbons (Fsp3) is 0.875. The van der Waals surface area contributed by atoms with Crippen LogP contribution in [0.1, 0.15) is 20.3 Å². The van der Waals surface area contributed by atoms with Crippen molar-refractivity contribution in [2.24, 2.45) is 11.3 Å². The second-order valence-corrected chi connectivity index (χ2v) is 3.79. The van der Waals surface area contributed by atoms with Crippen molar-refractivity contribution in [2.45, 2.75) is 20.3 Å². The molecule has 3 nitrogen and oxygen atoms in total. The summed E-state index contributed by atoms with van der Waals surface area (Å²) < 4.78 is 5.01. The lowest BCUT2D eigenvalue weighted by Crippen LogP contribution is -2.41. The Morgan fingerprint density at radius 2 is 2.18 bits per heavy atom. The third kappa shape index (κ3) is 1.93. The SMILES string of the molecule is CC(C)(CC(=O)O)C1COC1. The van der Waals surface area contributed by atoms with E-state index in [0.717, 1.165) is 13.2 Å². The average Bonchev–Trinajstić information content (AvgIpc) is 1.50. The zero-order valence-electron chi connectivity index (χ0n) is 6.96. The number of aliphatic carboxylic acids is 1. The van der Waals surface area contributed by atoms with Gasteiger partial charge in [-0.2, -0.15) is 0 Å². The van der Waals surface area contributed by atoms with Crippen molar-refractivity contribution in [3.63, 3.8) is 0 Å². The van der Waals surface area contributed by atoms with Gasteiger partial charge in [0.2, 0.25) is 0 Å². The largest absolute Gasteiger partial charge is 0.481 e. The molecule has 1 fully saturated rings. The molecule has 1 N–H and O–H groups in total. The Kier molecular flexibility index (Phi) is 2.18. The zero-order chi connectivity index (χ0) is 8.48. The summed E-state index contributed by atoms with van der Waals surface area (Å²) >= 11 is 0. The number of ether oxygens (including phenoxy) is 1. The van der Waals surface area contributed by atoms with Gasteiger partial charge in [0, 0.05) is 5.92 Å². The topological polar surface area (TPSA) is 46.5 Å². The molecule has 0 unspecified atom stereocenters. The van der Waals surface area contributed by atoms with Gasteiger partial charge < -0.3 is 9.84 Å². The van der Waals surface area contributed by atoms with Crippen LogP contribution in [0.2, 0.25) is 0 Å². The van der Waals surface area contributed by atoms with Gasteiger partial charge in [-0.25, -0.2) is 0 Å². The number of hydrogen-bond acceptors (Lipinski definition) is 2. The fourth-order valence-corrected chi connectivity index (χ4v) is 1.22. The molecular weight excluding hydrogens is 144 g/mol. The van der Waals surface area contributed by atoms with Crippen LogP contribution >= 0.6 is 0 Å². The van der Waals surface area contributed by atoms with Crippen molar-refractivity contribution in [1.82, 2.24) is 0 Å². The van der Waals surface area contributed by atoms with Crippen molar-refractivity contribution in [1.29, 1.82) is 0 Å². The van der Waals surface area contributed by atoms with Gasteiger partial charge in [-0.3, -0.25) is 4.79 Å². The number of carboxylic acid groups (broad SMARTS) is 1. The lowest BCUT2D eigenvalue weighted by atomic mass is 9.75. The van der Waals surface area contributed by atoms with Crippen LogP contribution in [0.15, 0.2) is 0 Å². The molecule has 1 rings (SSSR count). The van der Waals surface area contributed by atoms with E-state index < -0.39 is 5.97 Å². The van der Waals surface area contributed by atoms with Crippen molar-refractivity contribution >= 4 is 5.97 Å². The first-order valence-electron chi connectivity index (χ1n) is 3.82. The molecule has 0 aromatic heterocycles. The molecule has 0 aliphatic carbocycles. The molecule has 11 heavy (non-hydrogen) atoms. The van der Waals surface area contributed by atoms with Crippen LogP contribution < -0.4 is 0 Å². The zero-order valence-corrected chi connectivity index (χ0v) is 6.96. The lowest BCUT2D eigenvalue weighted by molar-refractivity contribution is -0.145. The van der Waals surface area contributed by atoms with E-state index in [4.69, 9.17) is 9.84 Å². The molecule has 0 aromatic rings.